The molecule has 2 N–H and O–H groups in total. The van der Waals surface area contributed by atoms with Crippen molar-refractivity contribution in [3.63, 3.8) is 0 Å². The maximum absolute atomic E-state index is 5.82. The molecule has 0 radical (unpaired) electrons. The van der Waals surface area contributed by atoms with E-state index in [9.17, 15) is 0 Å². The lowest BCUT2D eigenvalue weighted by Gasteiger charge is -2.22. The van der Waals surface area contributed by atoms with Crippen LogP contribution >= 0.6 is 15.9 Å². The van der Waals surface area contributed by atoms with Gasteiger partial charge in [0.05, 0.1) is 11.8 Å². The SMILES string of the molecule is Nc1ccc(Br)cc1OCC1CCCCO1. The van der Waals surface area contributed by atoms with Crippen LogP contribution in [-0.4, -0.2) is 19.3 Å². The molecule has 0 bridgehead atoms. The van der Waals surface area contributed by atoms with Gasteiger partial charge in [0.25, 0.3) is 0 Å². The van der Waals surface area contributed by atoms with Crippen molar-refractivity contribution < 1.29 is 9.47 Å². The highest BCUT2D eigenvalue weighted by Crippen LogP contribution is 2.26. The molecule has 1 atom stereocenters. The molecule has 1 saturated heterocycles. The van der Waals surface area contributed by atoms with E-state index >= 15 is 0 Å². The fourth-order valence-electron chi connectivity index (χ4n) is 1.75. The number of hydrogen-bond acceptors (Lipinski definition) is 3. The van der Waals surface area contributed by atoms with Gasteiger partial charge >= 0.3 is 0 Å². The third-order valence-corrected chi connectivity index (χ3v) is 3.17. The molecule has 0 spiro atoms. The van der Waals surface area contributed by atoms with Crippen LogP contribution in [0.1, 0.15) is 19.3 Å². The molecule has 3 nitrogen and oxygen atoms in total. The van der Waals surface area contributed by atoms with Gasteiger partial charge in [-0.2, -0.15) is 0 Å². The molecule has 0 amide bonds. The highest BCUT2D eigenvalue weighted by atomic mass is 79.9. The van der Waals surface area contributed by atoms with Gasteiger partial charge in [0.2, 0.25) is 0 Å². The average Bonchev–Trinajstić information content (AvgIpc) is 2.32. The number of ether oxygens (including phenoxy) is 2. The van der Waals surface area contributed by atoms with Crippen molar-refractivity contribution in [1.29, 1.82) is 0 Å². The lowest BCUT2D eigenvalue weighted by atomic mass is 10.1. The number of halogens is 1. The lowest BCUT2D eigenvalue weighted by molar-refractivity contribution is -0.0109. The molecule has 1 unspecified atom stereocenters. The number of nitrogen functional groups attached to an aromatic ring is 1. The van der Waals surface area contributed by atoms with E-state index in [0.29, 0.717) is 12.3 Å². The second-order valence-corrected chi connectivity index (χ2v) is 4.90. The van der Waals surface area contributed by atoms with Gasteiger partial charge in [-0.1, -0.05) is 15.9 Å². The zero-order valence-corrected chi connectivity index (χ0v) is 10.7. The maximum atomic E-state index is 5.82. The Kier molecular flexibility index (Phi) is 4.07. The van der Waals surface area contributed by atoms with E-state index in [1.54, 1.807) is 0 Å². The molecule has 4 heteroatoms. The average molecular weight is 286 g/mol. The summed E-state index contributed by atoms with van der Waals surface area (Å²) >= 11 is 3.40. The van der Waals surface area contributed by atoms with Crippen molar-refractivity contribution in [3.05, 3.63) is 22.7 Å². The van der Waals surface area contributed by atoms with E-state index < -0.39 is 0 Å². The van der Waals surface area contributed by atoms with Crippen LogP contribution in [-0.2, 0) is 4.74 Å². The van der Waals surface area contributed by atoms with Gasteiger partial charge in [-0.15, -0.1) is 0 Å². The van der Waals surface area contributed by atoms with E-state index in [1.807, 2.05) is 18.2 Å². The van der Waals surface area contributed by atoms with Crippen LogP contribution in [0.5, 0.6) is 5.75 Å². The summed E-state index contributed by atoms with van der Waals surface area (Å²) in [5.74, 6) is 0.726. The van der Waals surface area contributed by atoms with E-state index in [4.69, 9.17) is 15.2 Å². The third kappa shape index (κ3) is 3.12. The molecule has 1 aromatic carbocycles. The van der Waals surface area contributed by atoms with Crippen molar-refractivity contribution in [2.45, 2.75) is 25.4 Å². The van der Waals surface area contributed by atoms with Crippen LogP contribution in [0.4, 0.5) is 5.69 Å². The Labute approximate surface area is 104 Å². The minimum atomic E-state index is 0.215. The van der Waals surface area contributed by atoms with Gasteiger partial charge in [0.15, 0.2) is 0 Å². The highest BCUT2D eigenvalue weighted by molar-refractivity contribution is 9.10. The number of rotatable bonds is 3. The van der Waals surface area contributed by atoms with Crippen molar-refractivity contribution in [2.24, 2.45) is 0 Å². The van der Waals surface area contributed by atoms with Crippen molar-refractivity contribution in [2.75, 3.05) is 18.9 Å². The zero-order chi connectivity index (χ0) is 11.4. The first-order valence-corrected chi connectivity index (χ1v) is 6.34. The van der Waals surface area contributed by atoms with Crippen LogP contribution in [0.25, 0.3) is 0 Å². The van der Waals surface area contributed by atoms with E-state index in [-0.39, 0.29) is 6.10 Å². The molecule has 1 aromatic rings. The van der Waals surface area contributed by atoms with E-state index in [2.05, 4.69) is 15.9 Å². The Morgan fingerprint density at radius 1 is 1.44 bits per heavy atom. The zero-order valence-electron chi connectivity index (χ0n) is 9.12. The summed E-state index contributed by atoms with van der Waals surface area (Å²) in [6.07, 6.45) is 3.68. The van der Waals surface area contributed by atoms with Gasteiger partial charge in [-0.25, -0.2) is 0 Å². The first-order chi connectivity index (χ1) is 7.75. The third-order valence-electron chi connectivity index (χ3n) is 2.67. The van der Waals surface area contributed by atoms with Crippen LogP contribution in [0.15, 0.2) is 22.7 Å². The van der Waals surface area contributed by atoms with Crippen molar-refractivity contribution in [3.8, 4) is 5.75 Å². The molecule has 1 aliphatic heterocycles. The van der Waals surface area contributed by atoms with Gasteiger partial charge in [0, 0.05) is 11.1 Å². The second kappa shape index (κ2) is 5.55. The highest BCUT2D eigenvalue weighted by Gasteiger charge is 2.14. The van der Waals surface area contributed by atoms with E-state index in [0.717, 1.165) is 29.7 Å². The Bertz CT molecular complexity index is 351. The molecule has 1 aliphatic rings. The number of hydrogen-bond donors (Lipinski definition) is 1. The fourth-order valence-corrected chi connectivity index (χ4v) is 2.09. The summed E-state index contributed by atoms with van der Waals surface area (Å²) in [5.41, 5.74) is 6.48. The summed E-state index contributed by atoms with van der Waals surface area (Å²) in [4.78, 5) is 0. The topological polar surface area (TPSA) is 44.5 Å². The monoisotopic (exact) mass is 285 g/mol. The molecule has 0 saturated carbocycles. The van der Waals surface area contributed by atoms with Gasteiger partial charge in [-0.3, -0.25) is 0 Å². The van der Waals surface area contributed by atoms with Crippen LogP contribution in [0, 0.1) is 0 Å². The molecular weight excluding hydrogens is 270 g/mol. The molecule has 2 rings (SSSR count). The minimum Gasteiger partial charge on any atom is -0.489 e. The molecule has 0 aromatic heterocycles. The predicted octanol–water partition coefficient (Wildman–Crippen LogP) is 2.98. The standard InChI is InChI=1S/C12H16BrNO2/c13-9-4-5-11(14)12(7-9)16-8-10-3-1-2-6-15-10/h4-5,7,10H,1-3,6,8,14H2. The fraction of sp³-hybridized carbons (Fsp3) is 0.500. The van der Waals surface area contributed by atoms with Gasteiger partial charge < -0.3 is 15.2 Å². The lowest BCUT2D eigenvalue weighted by Crippen LogP contribution is -2.25. The van der Waals surface area contributed by atoms with Crippen molar-refractivity contribution >= 4 is 21.6 Å². The summed E-state index contributed by atoms with van der Waals surface area (Å²) in [5, 5.41) is 0. The van der Waals surface area contributed by atoms with Crippen LogP contribution in [0.2, 0.25) is 0 Å². The smallest absolute Gasteiger partial charge is 0.143 e. The number of anilines is 1. The Morgan fingerprint density at radius 3 is 3.06 bits per heavy atom. The second-order valence-electron chi connectivity index (χ2n) is 3.98. The molecule has 16 heavy (non-hydrogen) atoms. The summed E-state index contributed by atoms with van der Waals surface area (Å²) < 4.78 is 12.2. The predicted molar refractivity (Wildman–Crippen MR) is 67.6 cm³/mol. The Morgan fingerprint density at radius 2 is 2.31 bits per heavy atom. The van der Waals surface area contributed by atoms with Crippen LogP contribution < -0.4 is 10.5 Å². The summed E-state index contributed by atoms with van der Waals surface area (Å²) in [6, 6.07) is 5.62. The van der Waals surface area contributed by atoms with E-state index in [1.165, 1.54) is 6.42 Å². The maximum Gasteiger partial charge on any atom is 0.143 e. The minimum absolute atomic E-state index is 0.215. The van der Waals surface area contributed by atoms with Gasteiger partial charge in [0.1, 0.15) is 12.4 Å². The number of benzene rings is 1. The van der Waals surface area contributed by atoms with Crippen LogP contribution in [0.3, 0.4) is 0 Å². The van der Waals surface area contributed by atoms with Crippen molar-refractivity contribution in [1.82, 2.24) is 0 Å². The quantitative estimate of drug-likeness (QED) is 0.869. The largest absolute Gasteiger partial charge is 0.489 e. The molecular formula is C12H16BrNO2. The van der Waals surface area contributed by atoms with Gasteiger partial charge in [-0.05, 0) is 37.5 Å². The Hall–Kier alpha value is -0.740. The normalized spacial score (nSPS) is 20.7. The molecule has 1 fully saturated rings. The first kappa shape index (κ1) is 11.7. The Balaban J connectivity index is 1.90. The first-order valence-electron chi connectivity index (χ1n) is 5.55. The molecule has 0 aliphatic carbocycles. The molecule has 88 valence electrons. The molecule has 1 heterocycles. The number of nitrogens with two attached hydrogens (primary N) is 1. The summed E-state index contributed by atoms with van der Waals surface area (Å²) in [6.45, 7) is 1.43. The summed E-state index contributed by atoms with van der Waals surface area (Å²) in [7, 11) is 0.